The summed E-state index contributed by atoms with van der Waals surface area (Å²) in [7, 11) is 1.89. The molecule has 1 saturated heterocycles. The van der Waals surface area contributed by atoms with E-state index in [1.165, 1.54) is 43.4 Å². The van der Waals surface area contributed by atoms with Crippen molar-refractivity contribution < 1.29 is 0 Å². The van der Waals surface area contributed by atoms with Gasteiger partial charge >= 0.3 is 0 Å². The second kappa shape index (κ2) is 6.04. The normalized spacial score (nSPS) is 20.7. The van der Waals surface area contributed by atoms with Crippen molar-refractivity contribution in [1.82, 2.24) is 15.2 Å². The number of nitrogens with one attached hydrogen (secondary N) is 1. The zero-order valence-electron chi connectivity index (χ0n) is 13.2. The summed E-state index contributed by atoms with van der Waals surface area (Å²) in [5.74, 6) is 1.07. The molecule has 4 nitrogen and oxygen atoms in total. The molecule has 0 bridgehead atoms. The number of aromatic nitrogens is 1. The van der Waals surface area contributed by atoms with Gasteiger partial charge in [0.15, 0.2) is 5.96 Å². The Morgan fingerprint density at radius 3 is 2.90 bits per heavy atom. The number of hydrogen-bond donors (Lipinski definition) is 1. The number of nitrogens with zero attached hydrogens (tertiary/aromatic N) is 3. The van der Waals surface area contributed by atoms with Crippen molar-refractivity contribution >= 4 is 5.96 Å². The summed E-state index contributed by atoms with van der Waals surface area (Å²) in [4.78, 5) is 11.1. The molecule has 1 saturated carbocycles. The third kappa shape index (κ3) is 3.04. The van der Waals surface area contributed by atoms with Crippen molar-refractivity contribution in [2.75, 3.05) is 26.7 Å². The smallest absolute Gasteiger partial charge is 0.193 e. The van der Waals surface area contributed by atoms with Gasteiger partial charge < -0.3 is 10.2 Å². The molecule has 1 aromatic rings. The van der Waals surface area contributed by atoms with Gasteiger partial charge in [0.1, 0.15) is 0 Å². The van der Waals surface area contributed by atoms with Gasteiger partial charge in [-0.05, 0) is 55.2 Å². The highest BCUT2D eigenvalue weighted by molar-refractivity contribution is 5.80. The molecule has 0 atom stereocenters. The maximum Gasteiger partial charge on any atom is 0.193 e. The van der Waals surface area contributed by atoms with E-state index < -0.39 is 0 Å². The highest BCUT2D eigenvalue weighted by Crippen LogP contribution is 2.47. The summed E-state index contributed by atoms with van der Waals surface area (Å²) >= 11 is 0. The summed E-state index contributed by atoms with van der Waals surface area (Å²) in [6.45, 7) is 5.41. The van der Waals surface area contributed by atoms with Gasteiger partial charge in [-0.3, -0.25) is 9.98 Å². The van der Waals surface area contributed by atoms with Crippen LogP contribution < -0.4 is 5.32 Å². The van der Waals surface area contributed by atoms with Crippen LogP contribution in [0.25, 0.3) is 0 Å². The zero-order chi connectivity index (χ0) is 14.7. The molecule has 1 N–H and O–H groups in total. The molecule has 2 aliphatic rings. The molecule has 0 unspecified atom stereocenters. The summed E-state index contributed by atoms with van der Waals surface area (Å²) in [5, 5.41) is 3.53. The number of aliphatic imine (C=N–C) groups is 1. The molecule has 1 spiro atoms. The summed E-state index contributed by atoms with van der Waals surface area (Å²) < 4.78 is 0. The monoisotopic (exact) mass is 286 g/mol. The van der Waals surface area contributed by atoms with Gasteiger partial charge in [-0.2, -0.15) is 0 Å². The Morgan fingerprint density at radius 1 is 1.43 bits per heavy atom. The van der Waals surface area contributed by atoms with Gasteiger partial charge in [0.2, 0.25) is 0 Å². The predicted octanol–water partition coefficient (Wildman–Crippen LogP) is 2.38. The van der Waals surface area contributed by atoms with E-state index in [4.69, 9.17) is 0 Å². The highest BCUT2D eigenvalue weighted by Gasteiger charge is 2.43. The zero-order valence-corrected chi connectivity index (χ0v) is 13.2. The van der Waals surface area contributed by atoms with Crippen LogP contribution >= 0.6 is 0 Å². The minimum atomic E-state index is 0.624. The quantitative estimate of drug-likeness (QED) is 0.685. The van der Waals surface area contributed by atoms with Crippen LogP contribution in [0.3, 0.4) is 0 Å². The first-order valence-electron chi connectivity index (χ1n) is 8.08. The van der Waals surface area contributed by atoms with Crippen LogP contribution in [0.15, 0.2) is 23.5 Å². The molecule has 1 aromatic heterocycles. The van der Waals surface area contributed by atoms with Crippen LogP contribution in [0.2, 0.25) is 0 Å². The minimum Gasteiger partial charge on any atom is -0.356 e. The topological polar surface area (TPSA) is 40.5 Å². The fraction of sp³-hybridized carbons (Fsp3) is 0.647. The number of guanidine groups is 1. The molecule has 3 rings (SSSR count). The largest absolute Gasteiger partial charge is 0.356 e. The van der Waals surface area contributed by atoms with E-state index in [1.807, 2.05) is 19.4 Å². The molecule has 114 valence electrons. The summed E-state index contributed by atoms with van der Waals surface area (Å²) in [5.41, 5.74) is 3.26. The molecule has 0 radical (unpaired) electrons. The van der Waals surface area contributed by atoms with Gasteiger partial charge in [0, 0.05) is 39.1 Å². The minimum absolute atomic E-state index is 0.624. The van der Waals surface area contributed by atoms with Crippen molar-refractivity contribution in [1.29, 1.82) is 0 Å². The van der Waals surface area contributed by atoms with Crippen LogP contribution in [0.1, 0.15) is 36.8 Å². The predicted molar refractivity (Wildman–Crippen MR) is 86.5 cm³/mol. The summed E-state index contributed by atoms with van der Waals surface area (Å²) in [6.07, 6.45) is 10.4. The second-order valence-electron chi connectivity index (χ2n) is 6.55. The molecule has 21 heavy (non-hydrogen) atoms. The molecule has 1 aliphatic carbocycles. The number of pyridine rings is 1. The highest BCUT2D eigenvalue weighted by atomic mass is 15.3. The first kappa shape index (κ1) is 14.4. The number of aryl methyl sites for hydroxylation is 1. The summed E-state index contributed by atoms with van der Waals surface area (Å²) in [6, 6.07) is 2.11. The molecule has 0 aromatic carbocycles. The molecule has 1 aliphatic heterocycles. The average molecular weight is 286 g/mol. The average Bonchev–Trinajstić information content (AvgIpc) is 2.91. The van der Waals surface area contributed by atoms with Crippen molar-refractivity contribution in [3.63, 3.8) is 0 Å². The first-order valence-corrected chi connectivity index (χ1v) is 8.08. The van der Waals surface area contributed by atoms with E-state index in [9.17, 15) is 0 Å². The van der Waals surface area contributed by atoms with Crippen molar-refractivity contribution in [3.05, 3.63) is 29.6 Å². The lowest BCUT2D eigenvalue weighted by Crippen LogP contribution is -2.43. The van der Waals surface area contributed by atoms with E-state index in [-0.39, 0.29) is 0 Å². The molecule has 0 amide bonds. The lowest BCUT2D eigenvalue weighted by molar-refractivity contribution is 0.151. The molecule has 4 heteroatoms. The Balaban J connectivity index is 1.51. The SMILES string of the molecule is CN=C(NCCc1ccncc1C)N1CCC2(CCC2)C1. The van der Waals surface area contributed by atoms with E-state index in [0.717, 1.165) is 25.5 Å². The van der Waals surface area contributed by atoms with E-state index in [0.29, 0.717) is 5.41 Å². The third-order valence-electron chi connectivity index (χ3n) is 5.18. The first-order chi connectivity index (χ1) is 10.2. The molecular formula is C17H26N4. The van der Waals surface area contributed by atoms with Gasteiger partial charge in [-0.1, -0.05) is 6.42 Å². The molecule has 2 heterocycles. The Hall–Kier alpha value is -1.58. The third-order valence-corrected chi connectivity index (χ3v) is 5.18. The van der Waals surface area contributed by atoms with Crippen LogP contribution in [-0.4, -0.2) is 42.5 Å². The van der Waals surface area contributed by atoms with Gasteiger partial charge in [0.25, 0.3) is 0 Å². The van der Waals surface area contributed by atoms with Crippen LogP contribution in [0.5, 0.6) is 0 Å². The number of hydrogen-bond acceptors (Lipinski definition) is 2. The van der Waals surface area contributed by atoms with Gasteiger partial charge in [-0.25, -0.2) is 0 Å². The lowest BCUT2D eigenvalue weighted by atomic mass is 9.68. The van der Waals surface area contributed by atoms with Crippen molar-refractivity contribution in [3.8, 4) is 0 Å². The van der Waals surface area contributed by atoms with Crippen LogP contribution in [0.4, 0.5) is 0 Å². The molecular weight excluding hydrogens is 260 g/mol. The Labute approximate surface area is 127 Å². The number of likely N-dealkylation sites (tertiary alicyclic amines) is 1. The Kier molecular flexibility index (Phi) is 4.13. The van der Waals surface area contributed by atoms with Crippen molar-refractivity contribution in [2.24, 2.45) is 10.4 Å². The standard InChI is InChI=1S/C17H26N4/c1-14-12-19-9-4-15(14)5-10-20-16(18-2)21-11-8-17(13-21)6-3-7-17/h4,9,12H,3,5-8,10-11,13H2,1-2H3,(H,18,20). The maximum atomic E-state index is 4.47. The van der Waals surface area contributed by atoms with E-state index in [1.54, 1.807) is 0 Å². The Morgan fingerprint density at radius 2 is 2.29 bits per heavy atom. The van der Waals surface area contributed by atoms with E-state index >= 15 is 0 Å². The van der Waals surface area contributed by atoms with Crippen molar-refractivity contribution in [2.45, 2.75) is 39.0 Å². The number of rotatable bonds is 3. The van der Waals surface area contributed by atoms with Crippen LogP contribution in [0, 0.1) is 12.3 Å². The maximum absolute atomic E-state index is 4.47. The lowest BCUT2D eigenvalue weighted by Gasteiger charge is -2.38. The fourth-order valence-electron chi connectivity index (χ4n) is 3.62. The van der Waals surface area contributed by atoms with Gasteiger partial charge in [0.05, 0.1) is 0 Å². The van der Waals surface area contributed by atoms with Crippen LogP contribution in [-0.2, 0) is 6.42 Å². The second-order valence-corrected chi connectivity index (χ2v) is 6.55. The Bertz CT molecular complexity index is 519. The van der Waals surface area contributed by atoms with E-state index in [2.05, 4.69) is 33.2 Å². The molecule has 2 fully saturated rings. The fourth-order valence-corrected chi connectivity index (χ4v) is 3.62. The van der Waals surface area contributed by atoms with Gasteiger partial charge in [-0.15, -0.1) is 0 Å².